The van der Waals surface area contributed by atoms with Crippen molar-refractivity contribution < 1.29 is 18.0 Å². The summed E-state index contributed by atoms with van der Waals surface area (Å²) in [6.45, 7) is 4.09. The number of halogens is 3. The fourth-order valence-corrected chi connectivity index (χ4v) is 3.59. The van der Waals surface area contributed by atoms with E-state index in [0.29, 0.717) is 35.7 Å². The molecule has 1 aromatic carbocycles. The van der Waals surface area contributed by atoms with Crippen molar-refractivity contribution in [3.05, 3.63) is 59.8 Å². The Bertz CT molecular complexity index is 1330. The Balaban J connectivity index is 1.66. The Morgan fingerprint density at radius 1 is 1.29 bits per heavy atom. The van der Waals surface area contributed by atoms with Crippen molar-refractivity contribution in [2.75, 3.05) is 11.9 Å². The molecule has 9 nitrogen and oxygen atoms in total. The lowest BCUT2D eigenvalue weighted by atomic mass is 10.0. The molecule has 0 bridgehead atoms. The van der Waals surface area contributed by atoms with Gasteiger partial charge in [-0.2, -0.15) is 18.3 Å². The zero-order chi connectivity index (χ0) is 24.5. The topological polar surface area (TPSA) is 126 Å². The number of anilines is 2. The van der Waals surface area contributed by atoms with Gasteiger partial charge in [0, 0.05) is 42.4 Å². The monoisotopic (exact) mass is 472 g/mol. The van der Waals surface area contributed by atoms with E-state index in [1.54, 1.807) is 12.1 Å². The van der Waals surface area contributed by atoms with E-state index >= 15 is 0 Å². The number of aryl methyl sites for hydroxylation is 1. The first kappa shape index (κ1) is 23.2. The number of fused-ring (bicyclic) bond motifs is 1. The molecule has 0 saturated heterocycles. The predicted molar refractivity (Wildman–Crippen MR) is 121 cm³/mol. The van der Waals surface area contributed by atoms with Crippen molar-refractivity contribution in [1.29, 1.82) is 0 Å². The number of aromatic nitrogens is 5. The molecule has 3 heterocycles. The number of aromatic amines is 1. The van der Waals surface area contributed by atoms with Crippen molar-refractivity contribution in [2.24, 2.45) is 5.73 Å². The van der Waals surface area contributed by atoms with Gasteiger partial charge in [0.1, 0.15) is 0 Å². The van der Waals surface area contributed by atoms with Gasteiger partial charge in [-0.3, -0.25) is 14.3 Å². The number of carbonyl (C=O) groups excluding carboxylic acids is 1. The Morgan fingerprint density at radius 2 is 2.09 bits per heavy atom. The van der Waals surface area contributed by atoms with Crippen LogP contribution in [0.25, 0.3) is 16.9 Å². The van der Waals surface area contributed by atoms with Crippen LogP contribution < -0.4 is 16.4 Å². The molecule has 34 heavy (non-hydrogen) atoms. The number of hydrogen-bond acceptors (Lipinski definition) is 6. The van der Waals surface area contributed by atoms with Crippen LogP contribution in [0, 0.1) is 0 Å². The van der Waals surface area contributed by atoms with Crippen LogP contribution >= 0.6 is 0 Å². The highest BCUT2D eigenvalue weighted by molar-refractivity contribution is 5.96. The number of nitrogens with two attached hydrogens (primary N) is 1. The summed E-state index contributed by atoms with van der Waals surface area (Å²) < 4.78 is 41.5. The second-order valence-electron chi connectivity index (χ2n) is 7.72. The molecule has 0 aliphatic heterocycles. The zero-order valence-corrected chi connectivity index (χ0v) is 18.4. The van der Waals surface area contributed by atoms with Crippen LogP contribution in [0.2, 0.25) is 0 Å². The molecule has 0 saturated carbocycles. The third-order valence-corrected chi connectivity index (χ3v) is 5.34. The van der Waals surface area contributed by atoms with E-state index in [1.807, 2.05) is 19.9 Å². The van der Waals surface area contributed by atoms with E-state index in [2.05, 4.69) is 30.8 Å². The molecule has 0 unspecified atom stereocenters. The molecule has 178 valence electrons. The lowest BCUT2D eigenvalue weighted by Crippen LogP contribution is -2.38. The number of benzene rings is 1. The SMILES string of the molecule is CCc1cc(Nc2nccn3c(-c4c[nH]nc4C(F)(F)F)cnc23)ccc1C(=O)N[C@H](C)CN. The largest absolute Gasteiger partial charge is 0.435 e. The Morgan fingerprint density at radius 3 is 2.79 bits per heavy atom. The summed E-state index contributed by atoms with van der Waals surface area (Å²) in [5.41, 5.74) is 7.02. The van der Waals surface area contributed by atoms with Gasteiger partial charge in [0.25, 0.3) is 5.91 Å². The second-order valence-corrected chi connectivity index (χ2v) is 7.72. The van der Waals surface area contributed by atoms with Gasteiger partial charge in [-0.25, -0.2) is 9.97 Å². The maximum Gasteiger partial charge on any atom is 0.435 e. The molecule has 0 fully saturated rings. The molecule has 0 spiro atoms. The highest BCUT2D eigenvalue weighted by Crippen LogP contribution is 2.36. The van der Waals surface area contributed by atoms with Gasteiger partial charge in [0.05, 0.1) is 17.5 Å². The molecule has 0 radical (unpaired) electrons. The van der Waals surface area contributed by atoms with Crippen LogP contribution in [0.4, 0.5) is 24.7 Å². The molecule has 0 aliphatic rings. The summed E-state index contributed by atoms with van der Waals surface area (Å²) in [5, 5.41) is 11.6. The average Bonchev–Trinajstić information content (AvgIpc) is 3.46. The Hall–Kier alpha value is -3.93. The molecule has 5 N–H and O–H groups in total. The first-order valence-electron chi connectivity index (χ1n) is 10.6. The van der Waals surface area contributed by atoms with E-state index in [0.717, 1.165) is 5.56 Å². The summed E-state index contributed by atoms with van der Waals surface area (Å²) >= 11 is 0. The van der Waals surface area contributed by atoms with E-state index in [9.17, 15) is 18.0 Å². The minimum atomic E-state index is -4.61. The van der Waals surface area contributed by atoms with E-state index in [4.69, 9.17) is 5.73 Å². The highest BCUT2D eigenvalue weighted by Gasteiger charge is 2.37. The van der Waals surface area contributed by atoms with Crippen molar-refractivity contribution in [2.45, 2.75) is 32.5 Å². The van der Waals surface area contributed by atoms with Gasteiger partial charge in [-0.15, -0.1) is 0 Å². The molecule has 1 atom stereocenters. The fourth-order valence-electron chi connectivity index (χ4n) is 3.59. The van der Waals surface area contributed by atoms with Crippen LogP contribution in [-0.2, 0) is 12.6 Å². The van der Waals surface area contributed by atoms with E-state index in [-0.39, 0.29) is 23.2 Å². The first-order chi connectivity index (χ1) is 16.2. The van der Waals surface area contributed by atoms with Gasteiger partial charge in [-0.1, -0.05) is 6.92 Å². The average molecular weight is 472 g/mol. The summed E-state index contributed by atoms with van der Waals surface area (Å²) in [6, 6.07) is 5.11. The predicted octanol–water partition coefficient (Wildman–Crippen LogP) is 3.52. The minimum Gasteiger partial charge on any atom is -0.348 e. The molecule has 12 heteroatoms. The minimum absolute atomic E-state index is 0.118. The van der Waals surface area contributed by atoms with Gasteiger partial charge in [0.2, 0.25) is 0 Å². The van der Waals surface area contributed by atoms with Crippen molar-refractivity contribution in [3.63, 3.8) is 0 Å². The van der Waals surface area contributed by atoms with Crippen LogP contribution in [0.1, 0.15) is 35.5 Å². The molecule has 1 amide bonds. The molecular weight excluding hydrogens is 449 g/mol. The number of carbonyl (C=O) groups is 1. The molecule has 4 rings (SSSR count). The van der Waals surface area contributed by atoms with Crippen molar-refractivity contribution >= 4 is 23.1 Å². The smallest absolute Gasteiger partial charge is 0.348 e. The Kier molecular flexibility index (Phi) is 6.24. The lowest BCUT2D eigenvalue weighted by Gasteiger charge is -2.15. The second kappa shape index (κ2) is 9.14. The molecule has 0 aliphatic carbocycles. The van der Waals surface area contributed by atoms with E-state index in [1.165, 1.54) is 29.2 Å². The van der Waals surface area contributed by atoms with Crippen molar-refractivity contribution in [3.8, 4) is 11.3 Å². The number of hydrogen-bond donors (Lipinski definition) is 4. The molecule has 3 aromatic heterocycles. The Labute approximate surface area is 192 Å². The number of rotatable bonds is 7. The summed E-state index contributed by atoms with van der Waals surface area (Å²) in [7, 11) is 0. The maximum atomic E-state index is 13.3. The zero-order valence-electron chi connectivity index (χ0n) is 18.4. The van der Waals surface area contributed by atoms with E-state index < -0.39 is 11.9 Å². The summed E-state index contributed by atoms with van der Waals surface area (Å²) in [6.07, 6.45) is 1.51. The molecular formula is C22H23F3N8O. The third kappa shape index (κ3) is 4.44. The number of nitrogens with one attached hydrogen (secondary N) is 3. The maximum absolute atomic E-state index is 13.3. The quantitative estimate of drug-likeness (QED) is 0.326. The summed E-state index contributed by atoms with van der Waals surface area (Å²) in [5.74, 6) is 0.141. The summed E-state index contributed by atoms with van der Waals surface area (Å²) in [4.78, 5) is 21.1. The van der Waals surface area contributed by atoms with Gasteiger partial charge >= 0.3 is 6.18 Å². The van der Waals surface area contributed by atoms with Crippen LogP contribution in [0.3, 0.4) is 0 Å². The van der Waals surface area contributed by atoms with Crippen LogP contribution in [0.5, 0.6) is 0 Å². The van der Waals surface area contributed by atoms with Gasteiger partial charge in [-0.05, 0) is 37.1 Å². The first-order valence-corrected chi connectivity index (χ1v) is 10.6. The number of amides is 1. The number of alkyl halides is 3. The van der Waals surface area contributed by atoms with Crippen LogP contribution in [-0.4, -0.2) is 43.1 Å². The van der Waals surface area contributed by atoms with Crippen molar-refractivity contribution in [1.82, 2.24) is 29.9 Å². The lowest BCUT2D eigenvalue weighted by molar-refractivity contribution is -0.140. The molecule has 4 aromatic rings. The third-order valence-electron chi connectivity index (χ3n) is 5.34. The van der Waals surface area contributed by atoms with Gasteiger partial charge < -0.3 is 16.4 Å². The highest BCUT2D eigenvalue weighted by atomic mass is 19.4. The fraction of sp³-hybridized carbons (Fsp3) is 0.273. The van der Waals surface area contributed by atoms with Gasteiger partial charge in [0.15, 0.2) is 17.2 Å². The normalized spacial score (nSPS) is 12.6. The number of nitrogens with zero attached hydrogens (tertiary/aromatic N) is 4. The number of imidazole rings is 1. The van der Waals surface area contributed by atoms with Crippen LogP contribution in [0.15, 0.2) is 43.0 Å². The number of H-pyrrole nitrogens is 1. The standard InChI is InChI=1S/C22H23F3N8O/c1-3-13-8-14(4-5-15(13)21(34)30-12(2)9-26)31-19-20-28-11-17(33(20)7-6-27-19)16-10-29-32-18(16)22(23,24)25/h4-8,10-12H,3,9,26H2,1-2H3,(H,27,31)(H,29,32)(H,30,34)/t12-/m1/s1.